The number of benzene rings is 2. The van der Waals surface area contributed by atoms with E-state index in [1.807, 2.05) is 23.5 Å². The predicted molar refractivity (Wildman–Crippen MR) is 95.1 cm³/mol. The summed E-state index contributed by atoms with van der Waals surface area (Å²) in [6.45, 7) is 5.21. The quantitative estimate of drug-likeness (QED) is 0.816. The molecule has 2 aliphatic heterocycles. The molecule has 4 heteroatoms. The van der Waals surface area contributed by atoms with Crippen LogP contribution in [0.2, 0.25) is 0 Å². The molecule has 0 fully saturated rings. The third-order valence-corrected chi connectivity index (χ3v) is 4.20. The molecule has 0 bridgehead atoms. The average Bonchev–Trinajstić information content (AvgIpc) is 2.92. The van der Waals surface area contributed by atoms with Crippen LogP contribution in [0.3, 0.4) is 0 Å². The number of fused-ring (bicyclic) bond motifs is 3. The molecule has 0 N–H and O–H groups in total. The van der Waals surface area contributed by atoms with E-state index >= 15 is 0 Å². The highest BCUT2D eigenvalue weighted by atomic mass is 15.6. The zero-order valence-electron chi connectivity index (χ0n) is 12.8. The standard InChI is InChI=1S/C19H18N4/c1-2-12-23-18-13-20-19(15-8-4-3-5-9-15)16-10-6-7-11-17(16)22(18)14-21-23/h2-11,14,18H,1,12-13H2. The predicted octanol–water partition coefficient (Wildman–Crippen LogP) is 3.12. The second-order valence-corrected chi connectivity index (χ2v) is 5.60. The number of nitrogens with zero attached hydrogens (tertiary/aromatic N) is 4. The summed E-state index contributed by atoms with van der Waals surface area (Å²) in [5.41, 5.74) is 4.48. The number of anilines is 1. The van der Waals surface area contributed by atoms with Crippen molar-refractivity contribution in [1.82, 2.24) is 5.01 Å². The third kappa shape index (κ3) is 2.32. The largest absolute Gasteiger partial charge is 0.306 e. The highest BCUT2D eigenvalue weighted by Gasteiger charge is 2.32. The average molecular weight is 302 g/mol. The molecule has 0 spiro atoms. The number of hydrogen-bond acceptors (Lipinski definition) is 4. The molecule has 2 aliphatic rings. The second kappa shape index (κ2) is 5.72. The first kappa shape index (κ1) is 13.8. The van der Waals surface area contributed by atoms with Crippen LogP contribution in [0.5, 0.6) is 0 Å². The Kier molecular flexibility index (Phi) is 3.42. The van der Waals surface area contributed by atoms with Crippen LogP contribution in [-0.2, 0) is 0 Å². The minimum atomic E-state index is 0.107. The van der Waals surface area contributed by atoms with Crippen molar-refractivity contribution in [2.45, 2.75) is 6.17 Å². The molecule has 0 amide bonds. The van der Waals surface area contributed by atoms with Gasteiger partial charge in [-0.2, -0.15) is 5.10 Å². The lowest BCUT2D eigenvalue weighted by Crippen LogP contribution is -2.41. The van der Waals surface area contributed by atoms with Gasteiger partial charge in [0, 0.05) is 11.1 Å². The van der Waals surface area contributed by atoms with Gasteiger partial charge in [0.25, 0.3) is 0 Å². The van der Waals surface area contributed by atoms with Crippen LogP contribution in [0.4, 0.5) is 5.69 Å². The van der Waals surface area contributed by atoms with Crippen molar-refractivity contribution in [3.63, 3.8) is 0 Å². The summed E-state index contributed by atoms with van der Waals surface area (Å²) in [5.74, 6) is 0. The lowest BCUT2D eigenvalue weighted by Gasteiger charge is -2.28. The maximum Gasteiger partial charge on any atom is 0.143 e. The summed E-state index contributed by atoms with van der Waals surface area (Å²) >= 11 is 0. The van der Waals surface area contributed by atoms with Crippen molar-refractivity contribution in [3.05, 3.63) is 78.4 Å². The zero-order chi connectivity index (χ0) is 15.6. The molecule has 4 rings (SSSR count). The van der Waals surface area contributed by atoms with E-state index in [1.54, 1.807) is 0 Å². The van der Waals surface area contributed by atoms with Gasteiger partial charge in [-0.05, 0) is 6.07 Å². The summed E-state index contributed by atoms with van der Waals surface area (Å²) in [7, 11) is 0. The van der Waals surface area contributed by atoms with E-state index in [2.05, 4.69) is 65.1 Å². The molecule has 0 aromatic heterocycles. The Labute approximate surface area is 136 Å². The lowest BCUT2D eigenvalue weighted by atomic mass is 10.0. The van der Waals surface area contributed by atoms with Crippen molar-refractivity contribution >= 4 is 17.7 Å². The van der Waals surface area contributed by atoms with Crippen LogP contribution in [0.1, 0.15) is 11.1 Å². The van der Waals surface area contributed by atoms with E-state index in [9.17, 15) is 0 Å². The number of hydrazone groups is 1. The Hall–Kier alpha value is -2.88. The van der Waals surface area contributed by atoms with Gasteiger partial charge in [-0.3, -0.25) is 10.0 Å². The minimum absolute atomic E-state index is 0.107. The Balaban J connectivity index is 1.83. The fourth-order valence-electron chi connectivity index (χ4n) is 3.13. The Morgan fingerprint density at radius 3 is 2.70 bits per heavy atom. The van der Waals surface area contributed by atoms with Gasteiger partial charge in [0.15, 0.2) is 0 Å². The molecule has 0 radical (unpaired) electrons. The summed E-state index contributed by atoms with van der Waals surface area (Å²) in [5, 5.41) is 6.53. The van der Waals surface area contributed by atoms with Crippen LogP contribution in [0.25, 0.3) is 0 Å². The first-order valence-electron chi connectivity index (χ1n) is 7.78. The van der Waals surface area contributed by atoms with Gasteiger partial charge in [-0.15, -0.1) is 6.58 Å². The van der Waals surface area contributed by atoms with Gasteiger partial charge in [0.05, 0.1) is 24.5 Å². The number of para-hydroxylation sites is 1. The number of hydrogen-bond donors (Lipinski definition) is 0. The van der Waals surface area contributed by atoms with Crippen LogP contribution in [-0.4, -0.2) is 36.3 Å². The molecule has 0 saturated heterocycles. The van der Waals surface area contributed by atoms with E-state index < -0.39 is 0 Å². The van der Waals surface area contributed by atoms with Crippen LogP contribution in [0, 0.1) is 0 Å². The van der Waals surface area contributed by atoms with Gasteiger partial charge in [-0.25, -0.2) is 0 Å². The first-order valence-corrected chi connectivity index (χ1v) is 7.78. The molecule has 0 aliphatic carbocycles. The van der Waals surface area contributed by atoms with Gasteiger partial charge in [-0.1, -0.05) is 54.6 Å². The molecule has 2 heterocycles. The summed E-state index contributed by atoms with van der Waals surface area (Å²) in [6, 6.07) is 18.8. The van der Waals surface area contributed by atoms with Crippen LogP contribution < -0.4 is 4.90 Å². The molecule has 114 valence electrons. The van der Waals surface area contributed by atoms with Crippen LogP contribution >= 0.6 is 0 Å². The molecule has 2 aromatic rings. The van der Waals surface area contributed by atoms with Crippen molar-refractivity contribution in [3.8, 4) is 0 Å². The molecule has 1 atom stereocenters. The van der Waals surface area contributed by atoms with Crippen molar-refractivity contribution in [2.75, 3.05) is 18.0 Å². The van der Waals surface area contributed by atoms with E-state index in [-0.39, 0.29) is 6.17 Å². The first-order chi connectivity index (χ1) is 11.4. The Morgan fingerprint density at radius 1 is 1.09 bits per heavy atom. The lowest BCUT2D eigenvalue weighted by molar-refractivity contribution is 0.263. The zero-order valence-corrected chi connectivity index (χ0v) is 12.8. The smallest absolute Gasteiger partial charge is 0.143 e. The van der Waals surface area contributed by atoms with Gasteiger partial charge in [0.1, 0.15) is 12.5 Å². The maximum atomic E-state index is 4.93. The van der Waals surface area contributed by atoms with Crippen molar-refractivity contribution in [1.29, 1.82) is 0 Å². The van der Waals surface area contributed by atoms with E-state index in [0.717, 1.165) is 29.1 Å². The molecule has 2 aromatic carbocycles. The van der Waals surface area contributed by atoms with E-state index in [1.165, 1.54) is 0 Å². The molecule has 23 heavy (non-hydrogen) atoms. The minimum Gasteiger partial charge on any atom is -0.306 e. The van der Waals surface area contributed by atoms with Crippen molar-refractivity contribution < 1.29 is 0 Å². The maximum absolute atomic E-state index is 4.93. The second-order valence-electron chi connectivity index (χ2n) is 5.60. The number of rotatable bonds is 3. The highest BCUT2D eigenvalue weighted by Crippen LogP contribution is 2.30. The Bertz CT molecular complexity index is 779. The highest BCUT2D eigenvalue weighted by molar-refractivity contribution is 6.17. The summed E-state index contributed by atoms with van der Waals surface area (Å²) in [6.07, 6.45) is 3.88. The fraction of sp³-hybridized carbons (Fsp3) is 0.158. The van der Waals surface area contributed by atoms with Gasteiger partial charge < -0.3 is 4.90 Å². The summed E-state index contributed by atoms with van der Waals surface area (Å²) in [4.78, 5) is 7.14. The molecule has 4 nitrogen and oxygen atoms in total. The monoisotopic (exact) mass is 302 g/mol. The topological polar surface area (TPSA) is 31.2 Å². The third-order valence-electron chi connectivity index (χ3n) is 4.20. The van der Waals surface area contributed by atoms with E-state index in [4.69, 9.17) is 4.99 Å². The van der Waals surface area contributed by atoms with Gasteiger partial charge in [0.2, 0.25) is 0 Å². The Morgan fingerprint density at radius 2 is 1.87 bits per heavy atom. The molecular formula is C19H18N4. The van der Waals surface area contributed by atoms with Crippen LogP contribution in [0.15, 0.2) is 77.3 Å². The summed E-state index contributed by atoms with van der Waals surface area (Å²) < 4.78 is 0. The molecule has 1 unspecified atom stereocenters. The molecular weight excluding hydrogens is 284 g/mol. The molecule has 0 saturated carbocycles. The number of aliphatic imine (C=N–C) groups is 1. The van der Waals surface area contributed by atoms with E-state index in [0.29, 0.717) is 6.54 Å². The fourth-order valence-corrected chi connectivity index (χ4v) is 3.13. The SMILES string of the molecule is C=CCN1N=CN2c3ccccc3C(c3ccccc3)=NCC12. The van der Waals surface area contributed by atoms with Gasteiger partial charge >= 0.3 is 0 Å². The van der Waals surface area contributed by atoms with Crippen molar-refractivity contribution in [2.24, 2.45) is 10.1 Å². The normalized spacial score (nSPS) is 19.0.